The van der Waals surface area contributed by atoms with E-state index in [0.29, 0.717) is 18.4 Å². The predicted molar refractivity (Wildman–Crippen MR) is 72.9 cm³/mol. The van der Waals surface area contributed by atoms with Crippen LogP contribution in [0.1, 0.15) is 43.5 Å². The van der Waals surface area contributed by atoms with Gasteiger partial charge in [-0.2, -0.15) is 0 Å². The van der Waals surface area contributed by atoms with Crippen LogP contribution in [-0.4, -0.2) is 17.9 Å². The topological polar surface area (TPSA) is 43.4 Å². The Bertz CT molecular complexity index is 516. The Labute approximate surface area is 113 Å². The highest BCUT2D eigenvalue weighted by atomic mass is 16.6. The van der Waals surface area contributed by atoms with E-state index in [1.165, 1.54) is 5.57 Å². The van der Waals surface area contributed by atoms with Crippen molar-refractivity contribution in [2.75, 3.05) is 0 Å². The molecular weight excluding hydrogens is 240 g/mol. The molecule has 0 bridgehead atoms. The van der Waals surface area contributed by atoms with Crippen LogP contribution in [0.4, 0.5) is 0 Å². The van der Waals surface area contributed by atoms with Crippen LogP contribution in [0.3, 0.4) is 0 Å². The van der Waals surface area contributed by atoms with Crippen molar-refractivity contribution in [1.82, 2.24) is 0 Å². The first kappa shape index (κ1) is 13.5. The van der Waals surface area contributed by atoms with E-state index >= 15 is 0 Å². The Kier molecular flexibility index (Phi) is 3.84. The summed E-state index contributed by atoms with van der Waals surface area (Å²) in [6.45, 7) is 4.05. The standard InChI is InChI=1S/C16H18O3/c1-12-8-9-16(11-17,10-13(12)2)19-15(18)14-6-4-3-5-7-14/h3-7,11H,8-10H2,1-2H3/t16-/m0/s1. The maximum Gasteiger partial charge on any atom is 0.339 e. The zero-order valence-corrected chi connectivity index (χ0v) is 11.3. The Hall–Kier alpha value is -1.90. The molecule has 0 N–H and O–H groups in total. The van der Waals surface area contributed by atoms with Gasteiger partial charge >= 0.3 is 5.97 Å². The van der Waals surface area contributed by atoms with Crippen molar-refractivity contribution < 1.29 is 14.3 Å². The van der Waals surface area contributed by atoms with E-state index in [1.54, 1.807) is 24.3 Å². The van der Waals surface area contributed by atoms with E-state index in [1.807, 2.05) is 13.0 Å². The number of aldehydes is 1. The van der Waals surface area contributed by atoms with Crippen LogP contribution in [0, 0.1) is 0 Å². The minimum atomic E-state index is -0.990. The smallest absolute Gasteiger partial charge is 0.339 e. The van der Waals surface area contributed by atoms with Gasteiger partial charge in [0.2, 0.25) is 0 Å². The Morgan fingerprint density at radius 2 is 1.89 bits per heavy atom. The molecule has 0 heterocycles. The van der Waals surface area contributed by atoms with E-state index in [9.17, 15) is 9.59 Å². The Morgan fingerprint density at radius 3 is 2.47 bits per heavy atom. The summed E-state index contributed by atoms with van der Waals surface area (Å²) in [4.78, 5) is 23.5. The van der Waals surface area contributed by atoms with Gasteiger partial charge in [-0.25, -0.2) is 4.79 Å². The van der Waals surface area contributed by atoms with Gasteiger partial charge in [0.05, 0.1) is 5.56 Å². The minimum Gasteiger partial charge on any atom is -0.447 e. The van der Waals surface area contributed by atoms with Crippen molar-refractivity contribution >= 4 is 12.3 Å². The molecule has 0 fully saturated rings. The van der Waals surface area contributed by atoms with E-state index in [-0.39, 0.29) is 0 Å². The van der Waals surface area contributed by atoms with E-state index in [0.717, 1.165) is 18.3 Å². The molecule has 2 rings (SSSR count). The van der Waals surface area contributed by atoms with Crippen molar-refractivity contribution in [2.24, 2.45) is 0 Å². The molecule has 3 heteroatoms. The van der Waals surface area contributed by atoms with Gasteiger partial charge in [-0.15, -0.1) is 0 Å². The van der Waals surface area contributed by atoms with Gasteiger partial charge in [0.15, 0.2) is 11.9 Å². The Morgan fingerprint density at radius 1 is 1.21 bits per heavy atom. The van der Waals surface area contributed by atoms with E-state index in [4.69, 9.17) is 4.74 Å². The van der Waals surface area contributed by atoms with Crippen molar-refractivity contribution in [3.8, 4) is 0 Å². The summed E-state index contributed by atoms with van der Waals surface area (Å²) in [7, 11) is 0. The molecule has 1 aromatic carbocycles. The van der Waals surface area contributed by atoms with Crippen molar-refractivity contribution in [1.29, 1.82) is 0 Å². The van der Waals surface area contributed by atoms with Gasteiger partial charge in [-0.3, -0.25) is 4.79 Å². The zero-order chi connectivity index (χ0) is 13.9. The van der Waals surface area contributed by atoms with Gasteiger partial charge in [-0.05, 0) is 38.8 Å². The molecule has 1 aromatic rings. The summed E-state index contributed by atoms with van der Waals surface area (Å²) in [5.74, 6) is -0.431. The first-order valence-corrected chi connectivity index (χ1v) is 6.46. The van der Waals surface area contributed by atoms with Gasteiger partial charge in [0.25, 0.3) is 0 Å². The van der Waals surface area contributed by atoms with Gasteiger partial charge in [0.1, 0.15) is 0 Å². The predicted octanol–water partition coefficient (Wildman–Crippen LogP) is 3.30. The average Bonchev–Trinajstić information content (AvgIpc) is 2.44. The number of allylic oxidation sites excluding steroid dienone is 1. The van der Waals surface area contributed by atoms with Crippen LogP contribution in [0.2, 0.25) is 0 Å². The summed E-state index contributed by atoms with van der Waals surface area (Å²) in [6, 6.07) is 8.78. The highest BCUT2D eigenvalue weighted by Crippen LogP contribution is 2.34. The van der Waals surface area contributed by atoms with Crippen LogP contribution in [0.15, 0.2) is 41.5 Å². The third-order valence-electron chi connectivity index (χ3n) is 3.74. The molecule has 0 aliphatic heterocycles. The van der Waals surface area contributed by atoms with Crippen LogP contribution < -0.4 is 0 Å². The number of carbonyl (C=O) groups excluding carboxylic acids is 2. The molecule has 0 saturated carbocycles. The molecule has 0 aromatic heterocycles. The van der Waals surface area contributed by atoms with E-state index < -0.39 is 11.6 Å². The first-order valence-electron chi connectivity index (χ1n) is 6.46. The molecule has 0 saturated heterocycles. The van der Waals surface area contributed by atoms with Crippen LogP contribution >= 0.6 is 0 Å². The van der Waals surface area contributed by atoms with Crippen LogP contribution in [0.5, 0.6) is 0 Å². The molecule has 1 aliphatic carbocycles. The number of esters is 1. The van der Waals surface area contributed by atoms with E-state index in [2.05, 4.69) is 6.92 Å². The third kappa shape index (κ3) is 2.92. The van der Waals surface area contributed by atoms with Crippen molar-refractivity contribution in [3.63, 3.8) is 0 Å². The molecule has 0 spiro atoms. The summed E-state index contributed by atoms with van der Waals surface area (Å²) >= 11 is 0. The summed E-state index contributed by atoms with van der Waals surface area (Å²) in [5.41, 5.74) is 1.91. The fourth-order valence-electron chi connectivity index (χ4n) is 2.33. The summed E-state index contributed by atoms with van der Waals surface area (Å²) in [5, 5.41) is 0. The van der Waals surface area contributed by atoms with Crippen LogP contribution in [-0.2, 0) is 9.53 Å². The number of hydrogen-bond acceptors (Lipinski definition) is 3. The number of benzene rings is 1. The maximum absolute atomic E-state index is 12.1. The zero-order valence-electron chi connectivity index (χ0n) is 11.3. The lowest BCUT2D eigenvalue weighted by molar-refractivity contribution is -0.126. The number of hydrogen-bond donors (Lipinski definition) is 0. The molecule has 1 aliphatic rings. The molecular formula is C16H18O3. The van der Waals surface area contributed by atoms with Gasteiger partial charge in [-0.1, -0.05) is 29.3 Å². The average molecular weight is 258 g/mol. The molecule has 19 heavy (non-hydrogen) atoms. The first-order chi connectivity index (χ1) is 9.06. The molecule has 1 atom stereocenters. The minimum absolute atomic E-state index is 0.431. The fraction of sp³-hybridized carbons (Fsp3) is 0.375. The number of carbonyl (C=O) groups is 2. The second-order valence-corrected chi connectivity index (χ2v) is 5.18. The van der Waals surface area contributed by atoms with Gasteiger partial charge in [0, 0.05) is 6.42 Å². The number of ether oxygens (including phenoxy) is 1. The summed E-state index contributed by atoms with van der Waals surface area (Å²) in [6.07, 6.45) is 2.65. The second kappa shape index (κ2) is 5.39. The lowest BCUT2D eigenvalue weighted by Crippen LogP contribution is -2.39. The highest BCUT2D eigenvalue weighted by molar-refractivity contribution is 5.91. The second-order valence-electron chi connectivity index (χ2n) is 5.18. The highest BCUT2D eigenvalue weighted by Gasteiger charge is 2.37. The maximum atomic E-state index is 12.1. The van der Waals surface area contributed by atoms with Crippen molar-refractivity contribution in [3.05, 3.63) is 47.0 Å². The quantitative estimate of drug-likeness (QED) is 0.474. The SMILES string of the molecule is CC1=C(C)C[C@@](C=O)(OC(=O)c2ccccc2)CC1. The summed E-state index contributed by atoms with van der Waals surface area (Å²) < 4.78 is 5.49. The molecule has 3 nitrogen and oxygen atoms in total. The molecule has 0 radical (unpaired) electrons. The van der Waals surface area contributed by atoms with Crippen LogP contribution in [0.25, 0.3) is 0 Å². The monoisotopic (exact) mass is 258 g/mol. The lowest BCUT2D eigenvalue weighted by Gasteiger charge is -2.33. The van der Waals surface area contributed by atoms with Gasteiger partial charge < -0.3 is 4.74 Å². The largest absolute Gasteiger partial charge is 0.447 e. The normalized spacial score (nSPS) is 23.1. The van der Waals surface area contributed by atoms with Crippen molar-refractivity contribution in [2.45, 2.75) is 38.7 Å². The Balaban J connectivity index is 2.17. The molecule has 0 unspecified atom stereocenters. The lowest BCUT2D eigenvalue weighted by atomic mass is 9.82. The number of rotatable bonds is 3. The third-order valence-corrected chi connectivity index (χ3v) is 3.74. The molecule has 100 valence electrons. The molecule has 0 amide bonds. The fourth-order valence-corrected chi connectivity index (χ4v) is 2.33.